The minimum absolute atomic E-state index is 0.300. The van der Waals surface area contributed by atoms with Crippen LogP contribution in [0.15, 0.2) is 22.1 Å². The molecule has 0 aliphatic heterocycles. The van der Waals surface area contributed by atoms with Crippen LogP contribution >= 0.6 is 27.3 Å². The highest BCUT2D eigenvalue weighted by molar-refractivity contribution is 9.10. The summed E-state index contributed by atoms with van der Waals surface area (Å²) in [4.78, 5) is 19.8. The maximum absolute atomic E-state index is 11.2. The molecule has 2 rings (SSSR count). The van der Waals surface area contributed by atoms with Gasteiger partial charge in [0.05, 0.1) is 0 Å². The number of anilines is 1. The van der Waals surface area contributed by atoms with Gasteiger partial charge >= 0.3 is 6.03 Å². The maximum Gasteiger partial charge on any atom is 0.320 e. The third-order valence-electron chi connectivity index (χ3n) is 2.17. The molecule has 7 heteroatoms. The number of hydrogen-bond donors (Lipinski definition) is 2. The standard InChI is InChI=1S/C11H11BrN4OS/c1-6-5-18-10(15-6)7-3-9(14-4-8(7)12)16-11(17)13-2/h3-5H,1-2H3,(H2,13,14,16,17). The van der Waals surface area contributed by atoms with E-state index in [2.05, 4.69) is 36.5 Å². The van der Waals surface area contributed by atoms with Gasteiger partial charge in [-0.1, -0.05) is 0 Å². The Balaban J connectivity index is 2.35. The van der Waals surface area contributed by atoms with E-state index in [1.165, 1.54) is 0 Å². The molecule has 0 spiro atoms. The molecule has 18 heavy (non-hydrogen) atoms. The van der Waals surface area contributed by atoms with E-state index in [-0.39, 0.29) is 6.03 Å². The second-order valence-corrected chi connectivity index (χ2v) is 5.26. The molecule has 0 aliphatic carbocycles. The van der Waals surface area contributed by atoms with E-state index in [0.717, 1.165) is 20.7 Å². The number of aryl methyl sites for hydroxylation is 1. The lowest BCUT2D eigenvalue weighted by molar-refractivity contribution is 0.254. The normalized spacial score (nSPS) is 10.2. The summed E-state index contributed by atoms with van der Waals surface area (Å²) in [6, 6.07) is 1.49. The van der Waals surface area contributed by atoms with Crippen LogP contribution in [0.2, 0.25) is 0 Å². The summed E-state index contributed by atoms with van der Waals surface area (Å²) in [6.07, 6.45) is 1.65. The van der Waals surface area contributed by atoms with Crippen LogP contribution in [-0.2, 0) is 0 Å². The minimum Gasteiger partial charge on any atom is -0.341 e. The third kappa shape index (κ3) is 2.85. The molecule has 2 amide bonds. The summed E-state index contributed by atoms with van der Waals surface area (Å²) in [5.41, 5.74) is 1.88. The van der Waals surface area contributed by atoms with Crippen molar-refractivity contribution >= 4 is 39.1 Å². The van der Waals surface area contributed by atoms with Crippen molar-refractivity contribution in [3.63, 3.8) is 0 Å². The lowest BCUT2D eigenvalue weighted by Crippen LogP contribution is -2.24. The van der Waals surface area contributed by atoms with Crippen molar-refractivity contribution in [1.29, 1.82) is 0 Å². The molecule has 94 valence electrons. The van der Waals surface area contributed by atoms with Crippen molar-refractivity contribution in [2.45, 2.75) is 6.92 Å². The molecule has 0 unspecified atom stereocenters. The second-order valence-electron chi connectivity index (χ2n) is 3.55. The van der Waals surface area contributed by atoms with Crippen LogP contribution in [0.1, 0.15) is 5.69 Å². The lowest BCUT2D eigenvalue weighted by atomic mass is 10.2. The number of amides is 2. The van der Waals surface area contributed by atoms with E-state index < -0.39 is 0 Å². The summed E-state index contributed by atoms with van der Waals surface area (Å²) in [7, 11) is 1.55. The molecule has 0 atom stereocenters. The van der Waals surface area contributed by atoms with Crippen molar-refractivity contribution in [2.75, 3.05) is 12.4 Å². The van der Waals surface area contributed by atoms with Gasteiger partial charge < -0.3 is 5.32 Å². The molecule has 0 saturated heterocycles. The summed E-state index contributed by atoms with van der Waals surface area (Å²) in [5, 5.41) is 7.98. The topological polar surface area (TPSA) is 66.9 Å². The second kappa shape index (κ2) is 5.45. The van der Waals surface area contributed by atoms with E-state index in [1.807, 2.05) is 12.3 Å². The van der Waals surface area contributed by atoms with E-state index in [1.54, 1.807) is 30.6 Å². The Kier molecular flexibility index (Phi) is 3.93. The highest BCUT2D eigenvalue weighted by Gasteiger charge is 2.10. The van der Waals surface area contributed by atoms with E-state index in [0.29, 0.717) is 5.82 Å². The Bertz CT molecular complexity index is 584. The average molecular weight is 327 g/mol. The van der Waals surface area contributed by atoms with Crippen molar-refractivity contribution in [1.82, 2.24) is 15.3 Å². The molecule has 0 saturated carbocycles. The number of halogens is 1. The van der Waals surface area contributed by atoms with Crippen molar-refractivity contribution < 1.29 is 4.79 Å². The molecule has 2 aromatic heterocycles. The fourth-order valence-corrected chi connectivity index (χ4v) is 2.69. The van der Waals surface area contributed by atoms with Gasteiger partial charge in [0.2, 0.25) is 0 Å². The van der Waals surface area contributed by atoms with Crippen LogP contribution in [0.5, 0.6) is 0 Å². The Morgan fingerprint density at radius 3 is 2.89 bits per heavy atom. The summed E-state index contributed by atoms with van der Waals surface area (Å²) < 4.78 is 0.847. The van der Waals surface area contributed by atoms with Gasteiger partial charge in [-0.25, -0.2) is 14.8 Å². The molecule has 0 bridgehead atoms. The summed E-state index contributed by atoms with van der Waals surface area (Å²) in [5.74, 6) is 0.486. The number of pyridine rings is 1. The first-order chi connectivity index (χ1) is 8.60. The van der Waals surface area contributed by atoms with Gasteiger partial charge in [-0.2, -0.15) is 0 Å². The largest absolute Gasteiger partial charge is 0.341 e. The number of urea groups is 1. The van der Waals surface area contributed by atoms with Crippen molar-refractivity contribution in [3.05, 3.63) is 27.8 Å². The van der Waals surface area contributed by atoms with Crippen LogP contribution in [0.3, 0.4) is 0 Å². The fourth-order valence-electron chi connectivity index (χ4n) is 1.33. The first-order valence-corrected chi connectivity index (χ1v) is 6.84. The molecule has 2 aromatic rings. The van der Waals surface area contributed by atoms with Gasteiger partial charge in [-0.05, 0) is 28.9 Å². The predicted molar refractivity (Wildman–Crippen MR) is 75.9 cm³/mol. The fraction of sp³-hybridized carbons (Fsp3) is 0.182. The van der Waals surface area contributed by atoms with Crippen LogP contribution < -0.4 is 10.6 Å². The van der Waals surface area contributed by atoms with Gasteiger partial charge in [0.1, 0.15) is 10.8 Å². The number of nitrogens with one attached hydrogen (secondary N) is 2. The Morgan fingerprint density at radius 1 is 1.50 bits per heavy atom. The number of carbonyl (C=O) groups is 1. The van der Waals surface area contributed by atoms with Gasteiger partial charge in [-0.15, -0.1) is 11.3 Å². The Labute approximate surface area is 117 Å². The molecular formula is C11H11BrN4OS. The Morgan fingerprint density at radius 2 is 2.28 bits per heavy atom. The number of carbonyl (C=O) groups excluding carboxylic acids is 1. The molecule has 0 fully saturated rings. The predicted octanol–water partition coefficient (Wildman–Crippen LogP) is 3.03. The number of thiazole rings is 1. The third-order valence-corrected chi connectivity index (χ3v) is 3.80. The SMILES string of the molecule is CNC(=O)Nc1cc(-c2nc(C)cs2)c(Br)cn1. The van der Waals surface area contributed by atoms with Crippen molar-refractivity contribution in [3.8, 4) is 10.6 Å². The average Bonchev–Trinajstić information content (AvgIpc) is 2.78. The maximum atomic E-state index is 11.2. The van der Waals surface area contributed by atoms with Gasteiger partial charge in [0, 0.05) is 34.4 Å². The van der Waals surface area contributed by atoms with Crippen LogP contribution in [-0.4, -0.2) is 23.0 Å². The first-order valence-electron chi connectivity index (χ1n) is 5.17. The lowest BCUT2D eigenvalue weighted by Gasteiger charge is -2.06. The zero-order valence-corrected chi connectivity index (χ0v) is 12.2. The zero-order chi connectivity index (χ0) is 13.1. The molecule has 2 N–H and O–H groups in total. The number of hydrogen-bond acceptors (Lipinski definition) is 4. The summed E-state index contributed by atoms with van der Waals surface area (Å²) >= 11 is 4.99. The van der Waals surface area contributed by atoms with Crippen molar-refractivity contribution in [2.24, 2.45) is 0 Å². The van der Waals surface area contributed by atoms with E-state index >= 15 is 0 Å². The molecule has 0 radical (unpaired) electrons. The molecular weight excluding hydrogens is 316 g/mol. The number of aromatic nitrogens is 2. The smallest absolute Gasteiger partial charge is 0.320 e. The highest BCUT2D eigenvalue weighted by Crippen LogP contribution is 2.31. The van der Waals surface area contributed by atoms with Gasteiger partial charge in [0.15, 0.2) is 0 Å². The van der Waals surface area contributed by atoms with Crippen LogP contribution in [0, 0.1) is 6.92 Å². The molecule has 2 heterocycles. The zero-order valence-electron chi connectivity index (χ0n) is 9.82. The molecule has 5 nitrogen and oxygen atoms in total. The number of nitrogens with zero attached hydrogens (tertiary/aromatic N) is 2. The van der Waals surface area contributed by atoms with E-state index in [4.69, 9.17) is 0 Å². The van der Waals surface area contributed by atoms with Crippen LogP contribution in [0.25, 0.3) is 10.6 Å². The first kappa shape index (κ1) is 13.0. The van der Waals surface area contributed by atoms with Gasteiger partial charge in [0.25, 0.3) is 0 Å². The molecule has 0 aliphatic rings. The van der Waals surface area contributed by atoms with E-state index in [9.17, 15) is 4.79 Å². The monoisotopic (exact) mass is 326 g/mol. The quantitative estimate of drug-likeness (QED) is 0.891. The molecule has 0 aromatic carbocycles. The minimum atomic E-state index is -0.300. The highest BCUT2D eigenvalue weighted by atomic mass is 79.9. The Hall–Kier alpha value is -1.47. The van der Waals surface area contributed by atoms with Gasteiger partial charge in [-0.3, -0.25) is 5.32 Å². The summed E-state index contributed by atoms with van der Waals surface area (Å²) in [6.45, 7) is 1.94. The van der Waals surface area contributed by atoms with Crippen LogP contribution in [0.4, 0.5) is 10.6 Å². The number of rotatable bonds is 2.